The van der Waals surface area contributed by atoms with Crippen LogP contribution in [0.25, 0.3) is 0 Å². The molecule has 1 aliphatic rings. The molecule has 65 heavy (non-hydrogen) atoms. The lowest BCUT2D eigenvalue weighted by Gasteiger charge is -2.43. The third kappa shape index (κ3) is 32.2. The maximum absolute atomic E-state index is 13.0. The lowest BCUT2D eigenvalue weighted by Crippen LogP contribution is -2.64. The number of phosphoric acid groups is 2. The summed E-state index contributed by atoms with van der Waals surface area (Å²) in [4.78, 5) is 54.3. The van der Waals surface area contributed by atoms with Gasteiger partial charge in [-0.1, -0.05) is 139 Å². The molecule has 0 aromatic rings. The molecule has 16 nitrogen and oxygen atoms in total. The maximum Gasteiger partial charge on any atom is 0.472 e. The van der Waals surface area contributed by atoms with Gasteiger partial charge in [0.15, 0.2) is 6.10 Å². The highest BCUT2D eigenvalue weighted by molar-refractivity contribution is 7.47. The Morgan fingerprint density at radius 1 is 0.492 bits per heavy atom. The third-order valence-electron chi connectivity index (χ3n) is 10.5. The molecule has 0 saturated heterocycles. The summed E-state index contributed by atoms with van der Waals surface area (Å²) in [6, 6.07) is 0. The van der Waals surface area contributed by atoms with Gasteiger partial charge in [0, 0.05) is 12.8 Å². The summed E-state index contributed by atoms with van der Waals surface area (Å²) < 4.78 is 49.3. The molecule has 0 aromatic carbocycles. The van der Waals surface area contributed by atoms with Gasteiger partial charge in [-0.3, -0.25) is 23.2 Å². The van der Waals surface area contributed by atoms with Crippen LogP contribution in [0.3, 0.4) is 0 Å². The largest absolute Gasteiger partial charge is 0.472 e. The van der Waals surface area contributed by atoms with E-state index in [-0.39, 0.29) is 12.8 Å². The van der Waals surface area contributed by atoms with E-state index in [0.717, 1.165) is 109 Å². The van der Waals surface area contributed by atoms with E-state index in [0.29, 0.717) is 12.8 Å². The van der Waals surface area contributed by atoms with Crippen LogP contribution in [0.1, 0.15) is 168 Å². The summed E-state index contributed by atoms with van der Waals surface area (Å²) in [5.74, 6) is -1.24. The van der Waals surface area contributed by atoms with Crippen LogP contribution in [0.4, 0.5) is 0 Å². The van der Waals surface area contributed by atoms with Crippen molar-refractivity contribution in [1.82, 2.24) is 0 Å². The van der Waals surface area contributed by atoms with Gasteiger partial charge in [0.25, 0.3) is 0 Å². The monoisotopic (exact) mass is 965 g/mol. The molecule has 8 atom stereocenters. The molecule has 1 fully saturated rings. The van der Waals surface area contributed by atoms with E-state index in [1.54, 1.807) is 0 Å². The minimum atomic E-state index is -5.37. The van der Waals surface area contributed by atoms with Crippen molar-refractivity contribution >= 4 is 27.6 Å². The average molecular weight is 965 g/mol. The van der Waals surface area contributed by atoms with Crippen LogP contribution in [0, 0.1) is 0 Å². The standard InChI is InChI=1S/C47H82O16P2/c1-3-5-7-9-11-13-15-17-18-19-20-21-22-24-25-27-29-31-33-35-40(48)59-37-39(61-41(49)36-34-32-30-28-26-23-16-14-12-10-8-6-4-2)38-60-65(57,58)63-47-44(52)42(50)43(51)46(45(47)53)62-64(54,55)56/h8,10-11,13-14,16-18,20-21,39,42-47,50-53H,3-7,9,12,15,19,22-38H2,1-2H3,(H,57,58)(H2,54,55,56)/b10-8-,13-11-,16-14-,18-17-,21-20-/t39-,42?,43?,44?,45?,46-,47+/m1/s1. The molecule has 376 valence electrons. The molecule has 0 radical (unpaired) electrons. The zero-order valence-corrected chi connectivity index (χ0v) is 40.7. The number of hydrogen-bond acceptors (Lipinski definition) is 13. The highest BCUT2D eigenvalue weighted by atomic mass is 31.2. The molecule has 0 aromatic heterocycles. The molecule has 7 N–H and O–H groups in total. The first-order valence-electron chi connectivity index (χ1n) is 23.8. The van der Waals surface area contributed by atoms with Gasteiger partial charge in [0.2, 0.25) is 0 Å². The smallest absolute Gasteiger partial charge is 0.462 e. The van der Waals surface area contributed by atoms with Gasteiger partial charge >= 0.3 is 27.6 Å². The summed E-state index contributed by atoms with van der Waals surface area (Å²) >= 11 is 0. The number of aliphatic hydroxyl groups excluding tert-OH is 4. The highest BCUT2D eigenvalue weighted by Crippen LogP contribution is 2.49. The van der Waals surface area contributed by atoms with Gasteiger partial charge in [-0.05, 0) is 77.0 Å². The Morgan fingerprint density at radius 3 is 1.42 bits per heavy atom. The Balaban J connectivity index is 2.59. The number of allylic oxidation sites excluding steroid dienone is 10. The minimum absolute atomic E-state index is 0.0222. The zero-order valence-electron chi connectivity index (χ0n) is 38.9. The number of hydrogen-bond donors (Lipinski definition) is 7. The highest BCUT2D eigenvalue weighted by Gasteiger charge is 2.54. The fourth-order valence-electron chi connectivity index (χ4n) is 6.83. The molecule has 1 rings (SSSR count). The number of ether oxygens (including phenoxy) is 2. The molecule has 0 aliphatic heterocycles. The van der Waals surface area contributed by atoms with Gasteiger partial charge < -0.3 is 44.6 Å². The molecule has 0 heterocycles. The molecular weight excluding hydrogens is 882 g/mol. The van der Waals surface area contributed by atoms with E-state index >= 15 is 0 Å². The second kappa shape index (κ2) is 37.7. The fourth-order valence-corrected chi connectivity index (χ4v) is 8.37. The molecule has 18 heteroatoms. The molecule has 0 spiro atoms. The Kier molecular flexibility index (Phi) is 35.2. The Bertz CT molecular complexity index is 1490. The Hall–Kier alpha value is -2.30. The summed E-state index contributed by atoms with van der Waals surface area (Å²) in [6.07, 6.45) is 28.9. The van der Waals surface area contributed by atoms with E-state index in [1.165, 1.54) is 19.3 Å². The van der Waals surface area contributed by atoms with E-state index in [1.807, 2.05) is 0 Å². The van der Waals surface area contributed by atoms with E-state index < -0.39 is 83.5 Å². The second-order valence-corrected chi connectivity index (χ2v) is 19.1. The van der Waals surface area contributed by atoms with Crippen molar-refractivity contribution in [1.29, 1.82) is 0 Å². The quantitative estimate of drug-likeness (QED) is 0.0131. The summed E-state index contributed by atoms with van der Waals surface area (Å²) in [5.41, 5.74) is 0. The van der Waals surface area contributed by atoms with E-state index in [4.69, 9.17) is 18.5 Å². The summed E-state index contributed by atoms with van der Waals surface area (Å²) in [7, 11) is -10.7. The lowest BCUT2D eigenvalue weighted by atomic mass is 9.85. The van der Waals surface area contributed by atoms with Crippen LogP contribution >= 0.6 is 15.6 Å². The van der Waals surface area contributed by atoms with Gasteiger partial charge in [-0.2, -0.15) is 0 Å². The van der Waals surface area contributed by atoms with E-state index in [2.05, 4.69) is 79.1 Å². The van der Waals surface area contributed by atoms with Crippen LogP contribution < -0.4 is 0 Å². The van der Waals surface area contributed by atoms with Crippen molar-refractivity contribution in [3.8, 4) is 0 Å². The first-order chi connectivity index (χ1) is 31.1. The van der Waals surface area contributed by atoms with Crippen LogP contribution in [0.15, 0.2) is 60.8 Å². The molecule has 1 aliphatic carbocycles. The van der Waals surface area contributed by atoms with Crippen molar-refractivity contribution in [3.05, 3.63) is 60.8 Å². The normalized spacial score (nSPS) is 22.2. The zero-order chi connectivity index (χ0) is 48.2. The Morgan fingerprint density at radius 2 is 0.923 bits per heavy atom. The number of carbonyl (C=O) groups excluding carboxylic acids is 2. The second-order valence-electron chi connectivity index (χ2n) is 16.5. The van der Waals surface area contributed by atoms with Crippen LogP contribution in [-0.2, 0) is 41.8 Å². The van der Waals surface area contributed by atoms with Crippen molar-refractivity contribution < 1.29 is 76.9 Å². The maximum atomic E-state index is 13.0. The van der Waals surface area contributed by atoms with Crippen LogP contribution in [-0.4, -0.2) is 103 Å². The fraction of sp³-hybridized carbons (Fsp3) is 0.745. The van der Waals surface area contributed by atoms with Crippen molar-refractivity contribution in [2.75, 3.05) is 13.2 Å². The molecule has 1 saturated carbocycles. The number of rotatable bonds is 39. The SMILES string of the molecule is CCC/C=C\C/C=C\CCCCCCCC(=O)O[C@H](COC(=O)CCCCCCCC/C=C\C/C=C\C/C=C\CCCCC)COP(=O)(O)O[C@H]1C(O)C(O)C(O)[C@@H](OP(=O)(O)O)C1O. The molecular formula is C47H82O16P2. The summed E-state index contributed by atoms with van der Waals surface area (Å²) in [6.45, 7) is 2.99. The molecule has 0 amide bonds. The lowest BCUT2D eigenvalue weighted by molar-refractivity contribution is -0.216. The Labute approximate surface area is 388 Å². The van der Waals surface area contributed by atoms with Crippen molar-refractivity contribution in [2.45, 2.75) is 211 Å². The van der Waals surface area contributed by atoms with E-state index in [9.17, 15) is 53.8 Å². The number of phosphoric ester groups is 2. The number of unbranched alkanes of at least 4 members (excludes halogenated alkanes) is 15. The molecule has 5 unspecified atom stereocenters. The van der Waals surface area contributed by atoms with Crippen LogP contribution in [0.2, 0.25) is 0 Å². The van der Waals surface area contributed by atoms with Crippen molar-refractivity contribution in [2.24, 2.45) is 0 Å². The van der Waals surface area contributed by atoms with Crippen molar-refractivity contribution in [3.63, 3.8) is 0 Å². The molecule has 0 bridgehead atoms. The number of carbonyl (C=O) groups is 2. The summed E-state index contributed by atoms with van der Waals surface area (Å²) in [5, 5.41) is 41.2. The minimum Gasteiger partial charge on any atom is -0.462 e. The van der Waals surface area contributed by atoms with Gasteiger partial charge in [-0.25, -0.2) is 9.13 Å². The average Bonchev–Trinajstić information content (AvgIpc) is 3.26. The first-order valence-corrected chi connectivity index (χ1v) is 26.9. The van der Waals surface area contributed by atoms with Gasteiger partial charge in [0.1, 0.15) is 43.2 Å². The predicted octanol–water partition coefficient (Wildman–Crippen LogP) is 9.06. The topological polar surface area (TPSA) is 256 Å². The van der Waals surface area contributed by atoms with Gasteiger partial charge in [0.05, 0.1) is 6.61 Å². The van der Waals surface area contributed by atoms with Gasteiger partial charge in [-0.15, -0.1) is 0 Å². The third-order valence-corrected chi connectivity index (χ3v) is 12.0. The predicted molar refractivity (Wildman–Crippen MR) is 250 cm³/mol. The number of esters is 2. The van der Waals surface area contributed by atoms with Crippen LogP contribution in [0.5, 0.6) is 0 Å². The first kappa shape index (κ1) is 60.7. The number of aliphatic hydroxyl groups is 4.